The van der Waals surface area contributed by atoms with Crippen LogP contribution in [-0.4, -0.2) is 29.7 Å². The van der Waals surface area contributed by atoms with E-state index >= 15 is 0 Å². The molecule has 0 aromatic carbocycles. The molecule has 0 bridgehead atoms. The van der Waals surface area contributed by atoms with Crippen molar-refractivity contribution >= 4 is 6.03 Å². The maximum absolute atomic E-state index is 12.8. The second kappa shape index (κ2) is 7.31. The van der Waals surface area contributed by atoms with Crippen molar-refractivity contribution in [2.75, 3.05) is 13.7 Å². The highest BCUT2D eigenvalue weighted by molar-refractivity contribution is 5.75. The largest absolute Gasteiger partial charge is 0.461 e. The van der Waals surface area contributed by atoms with Crippen LogP contribution >= 0.6 is 0 Å². The standard InChI is InChI=1S/C18H25N3O4/c1-11(17-12(2)20-25-13(17)3)19-18(22)21-9-5-6-15(21)16-8-7-14(24-16)10-23-4/h7-8,11,15H,5-6,9-10H2,1-4H3,(H,19,22)/t11-,15+/m0/s1. The molecule has 2 aromatic heterocycles. The van der Waals surface area contributed by atoms with Crippen molar-refractivity contribution in [3.05, 3.63) is 40.7 Å². The van der Waals surface area contributed by atoms with Crippen LogP contribution in [0.4, 0.5) is 4.79 Å². The molecule has 0 radical (unpaired) electrons. The number of furan rings is 1. The molecule has 2 atom stereocenters. The van der Waals surface area contributed by atoms with Gasteiger partial charge in [0.15, 0.2) is 0 Å². The molecule has 3 rings (SSSR count). The maximum Gasteiger partial charge on any atom is 0.318 e. The van der Waals surface area contributed by atoms with Crippen LogP contribution in [0.3, 0.4) is 0 Å². The van der Waals surface area contributed by atoms with E-state index in [0.717, 1.165) is 41.4 Å². The number of aryl methyl sites for hydroxylation is 2. The number of nitrogens with zero attached hydrogens (tertiary/aromatic N) is 2. The summed E-state index contributed by atoms with van der Waals surface area (Å²) in [6.07, 6.45) is 1.85. The summed E-state index contributed by atoms with van der Waals surface area (Å²) in [6.45, 7) is 6.83. The van der Waals surface area contributed by atoms with E-state index in [0.29, 0.717) is 13.2 Å². The van der Waals surface area contributed by atoms with Gasteiger partial charge < -0.3 is 23.9 Å². The van der Waals surface area contributed by atoms with E-state index in [9.17, 15) is 4.79 Å². The molecule has 7 heteroatoms. The minimum absolute atomic E-state index is 0.0394. The van der Waals surface area contributed by atoms with Crippen LogP contribution in [-0.2, 0) is 11.3 Å². The van der Waals surface area contributed by atoms with E-state index in [1.54, 1.807) is 7.11 Å². The fourth-order valence-electron chi connectivity index (χ4n) is 3.55. The quantitative estimate of drug-likeness (QED) is 0.893. The smallest absolute Gasteiger partial charge is 0.318 e. The first-order chi connectivity index (χ1) is 12.0. The topological polar surface area (TPSA) is 80.7 Å². The molecule has 0 aliphatic carbocycles. The van der Waals surface area contributed by atoms with Crippen molar-refractivity contribution in [3.8, 4) is 0 Å². The van der Waals surface area contributed by atoms with Crippen molar-refractivity contribution in [3.63, 3.8) is 0 Å². The zero-order chi connectivity index (χ0) is 18.0. The number of aromatic nitrogens is 1. The molecule has 25 heavy (non-hydrogen) atoms. The van der Waals surface area contributed by atoms with E-state index in [-0.39, 0.29) is 18.1 Å². The number of nitrogens with one attached hydrogen (secondary N) is 1. The number of hydrogen-bond donors (Lipinski definition) is 1. The van der Waals surface area contributed by atoms with Crippen molar-refractivity contribution < 1.29 is 18.5 Å². The minimum atomic E-state index is -0.166. The molecule has 1 aliphatic heterocycles. The molecule has 136 valence electrons. The van der Waals surface area contributed by atoms with Gasteiger partial charge in [-0.3, -0.25) is 0 Å². The monoisotopic (exact) mass is 347 g/mol. The Balaban J connectivity index is 1.70. The fourth-order valence-corrected chi connectivity index (χ4v) is 3.55. The fraction of sp³-hybridized carbons (Fsp3) is 0.556. The molecule has 1 saturated heterocycles. The van der Waals surface area contributed by atoms with Crippen LogP contribution in [0.5, 0.6) is 0 Å². The number of ether oxygens (including phenoxy) is 1. The molecule has 3 heterocycles. The summed E-state index contributed by atoms with van der Waals surface area (Å²) < 4.78 is 16.1. The van der Waals surface area contributed by atoms with Crippen molar-refractivity contribution in [1.29, 1.82) is 0 Å². The molecule has 2 amide bonds. The molecule has 1 fully saturated rings. The number of methoxy groups -OCH3 is 1. The zero-order valence-corrected chi connectivity index (χ0v) is 15.2. The first-order valence-electron chi connectivity index (χ1n) is 8.58. The van der Waals surface area contributed by atoms with Gasteiger partial charge in [0, 0.05) is 19.2 Å². The van der Waals surface area contributed by atoms with Gasteiger partial charge in [-0.1, -0.05) is 5.16 Å². The second-order valence-electron chi connectivity index (χ2n) is 6.50. The molecule has 7 nitrogen and oxygen atoms in total. The Kier molecular flexibility index (Phi) is 5.13. The van der Waals surface area contributed by atoms with Gasteiger partial charge in [-0.2, -0.15) is 0 Å². The molecular weight excluding hydrogens is 322 g/mol. The van der Waals surface area contributed by atoms with Gasteiger partial charge >= 0.3 is 6.03 Å². The van der Waals surface area contributed by atoms with Crippen molar-refractivity contribution in [2.24, 2.45) is 0 Å². The minimum Gasteiger partial charge on any atom is -0.461 e. The highest BCUT2D eigenvalue weighted by Crippen LogP contribution is 2.33. The van der Waals surface area contributed by atoms with Crippen molar-refractivity contribution in [2.45, 2.75) is 52.3 Å². The molecule has 0 unspecified atom stereocenters. The lowest BCUT2D eigenvalue weighted by atomic mass is 10.1. The Morgan fingerprint density at radius 1 is 1.48 bits per heavy atom. The van der Waals surface area contributed by atoms with Crippen LogP contribution in [0.25, 0.3) is 0 Å². The van der Waals surface area contributed by atoms with Gasteiger partial charge in [0.25, 0.3) is 0 Å². The Morgan fingerprint density at radius 2 is 2.28 bits per heavy atom. The highest BCUT2D eigenvalue weighted by atomic mass is 16.5. The van der Waals surface area contributed by atoms with Crippen LogP contribution < -0.4 is 5.32 Å². The predicted octanol–water partition coefficient (Wildman–Crippen LogP) is 3.64. The SMILES string of the molecule is COCc1ccc([C@H]2CCCN2C(=O)N[C@@H](C)c2c(C)noc2C)o1. The molecule has 2 aromatic rings. The summed E-state index contributed by atoms with van der Waals surface area (Å²) in [5, 5.41) is 7.02. The number of likely N-dealkylation sites (tertiary alicyclic amines) is 1. The molecule has 0 saturated carbocycles. The Morgan fingerprint density at radius 3 is 2.96 bits per heavy atom. The van der Waals surface area contributed by atoms with Crippen LogP contribution in [0.15, 0.2) is 21.1 Å². The number of amides is 2. The number of hydrogen-bond acceptors (Lipinski definition) is 5. The Labute approximate surface area is 147 Å². The van der Waals surface area contributed by atoms with Crippen LogP contribution in [0.1, 0.15) is 60.4 Å². The van der Waals surface area contributed by atoms with E-state index in [2.05, 4.69) is 10.5 Å². The van der Waals surface area contributed by atoms with Gasteiger partial charge in [0.2, 0.25) is 0 Å². The Hall–Kier alpha value is -2.28. The lowest BCUT2D eigenvalue weighted by molar-refractivity contribution is 0.155. The third kappa shape index (κ3) is 3.56. The number of carbonyl (C=O) groups is 1. The van der Waals surface area contributed by atoms with E-state index in [1.807, 2.05) is 37.8 Å². The highest BCUT2D eigenvalue weighted by Gasteiger charge is 2.33. The molecule has 0 spiro atoms. The average molecular weight is 347 g/mol. The van der Waals surface area contributed by atoms with Gasteiger partial charge in [-0.25, -0.2) is 4.79 Å². The normalized spacial score (nSPS) is 18.6. The van der Waals surface area contributed by atoms with E-state index in [1.165, 1.54) is 0 Å². The summed E-state index contributed by atoms with van der Waals surface area (Å²) in [7, 11) is 1.63. The first-order valence-corrected chi connectivity index (χ1v) is 8.58. The van der Waals surface area contributed by atoms with Gasteiger partial charge in [0.1, 0.15) is 23.9 Å². The molecule has 1 aliphatic rings. The lowest BCUT2D eigenvalue weighted by Gasteiger charge is -2.25. The average Bonchev–Trinajstić information content (AvgIpc) is 3.27. The third-order valence-corrected chi connectivity index (χ3v) is 4.67. The second-order valence-corrected chi connectivity index (χ2v) is 6.50. The van der Waals surface area contributed by atoms with Gasteiger partial charge in [0.05, 0.1) is 17.8 Å². The summed E-state index contributed by atoms with van der Waals surface area (Å²) >= 11 is 0. The summed E-state index contributed by atoms with van der Waals surface area (Å²) in [6, 6.07) is 3.53. The zero-order valence-electron chi connectivity index (χ0n) is 15.2. The van der Waals surface area contributed by atoms with E-state index in [4.69, 9.17) is 13.7 Å². The maximum atomic E-state index is 12.8. The number of urea groups is 1. The summed E-state index contributed by atoms with van der Waals surface area (Å²) in [5.74, 6) is 2.32. The third-order valence-electron chi connectivity index (χ3n) is 4.67. The number of carbonyl (C=O) groups excluding carboxylic acids is 1. The van der Waals surface area contributed by atoms with Crippen LogP contribution in [0.2, 0.25) is 0 Å². The first kappa shape index (κ1) is 17.5. The van der Waals surface area contributed by atoms with Gasteiger partial charge in [-0.15, -0.1) is 0 Å². The molecular formula is C18H25N3O4. The molecule has 1 N–H and O–H groups in total. The number of rotatable bonds is 5. The predicted molar refractivity (Wildman–Crippen MR) is 91.0 cm³/mol. The van der Waals surface area contributed by atoms with E-state index < -0.39 is 0 Å². The Bertz CT molecular complexity index is 717. The van der Waals surface area contributed by atoms with Crippen LogP contribution in [0, 0.1) is 13.8 Å². The summed E-state index contributed by atoms with van der Waals surface area (Å²) in [4.78, 5) is 14.6. The van der Waals surface area contributed by atoms with Gasteiger partial charge in [-0.05, 0) is 45.7 Å². The summed E-state index contributed by atoms with van der Waals surface area (Å²) in [5.41, 5.74) is 1.74. The van der Waals surface area contributed by atoms with Crippen molar-refractivity contribution in [1.82, 2.24) is 15.4 Å². The lowest BCUT2D eigenvalue weighted by Crippen LogP contribution is -2.40.